The van der Waals surface area contributed by atoms with Gasteiger partial charge in [-0.15, -0.1) is 0 Å². The summed E-state index contributed by atoms with van der Waals surface area (Å²) in [5, 5.41) is 12.2. The van der Waals surface area contributed by atoms with Gasteiger partial charge in [-0.05, 0) is 78.2 Å². The Morgan fingerprint density at radius 2 is 1.05 bits per heavy atom. The zero-order valence-corrected chi connectivity index (χ0v) is 22.3. The quantitative estimate of drug-likeness (QED) is 0.163. The van der Waals surface area contributed by atoms with Crippen LogP contribution in [-0.4, -0.2) is 0 Å². The van der Waals surface area contributed by atoms with Crippen molar-refractivity contribution in [3.05, 3.63) is 146 Å². The zero-order chi connectivity index (χ0) is 26.9. The van der Waals surface area contributed by atoms with Crippen LogP contribution in [0.3, 0.4) is 0 Å². The molecule has 190 valence electrons. The molecule has 1 nitrogen and oxygen atoms in total. The Morgan fingerprint density at radius 3 is 1.95 bits per heavy atom. The van der Waals surface area contributed by atoms with Gasteiger partial charge in [0, 0.05) is 16.2 Å². The third kappa shape index (κ3) is 3.24. The number of hydrogen-bond donors (Lipinski definition) is 0. The highest BCUT2D eigenvalue weighted by molar-refractivity contribution is 6.27. The fraction of sp³-hybridized carbons (Fsp3) is 0. The van der Waals surface area contributed by atoms with E-state index in [1.807, 2.05) is 0 Å². The van der Waals surface area contributed by atoms with Crippen LogP contribution in [0.1, 0.15) is 0 Å². The summed E-state index contributed by atoms with van der Waals surface area (Å²) in [6.07, 6.45) is 0. The summed E-state index contributed by atoms with van der Waals surface area (Å²) >= 11 is 0. The molecule has 0 unspecified atom stereocenters. The third-order valence-electron chi connectivity index (χ3n) is 8.63. The molecule has 0 saturated heterocycles. The largest absolute Gasteiger partial charge is 0.455 e. The maximum Gasteiger partial charge on any atom is 0.143 e. The van der Waals surface area contributed by atoms with Gasteiger partial charge in [-0.3, -0.25) is 0 Å². The van der Waals surface area contributed by atoms with E-state index in [4.69, 9.17) is 4.42 Å². The first-order chi connectivity index (χ1) is 20.3. The van der Waals surface area contributed by atoms with Crippen molar-refractivity contribution in [2.24, 2.45) is 0 Å². The van der Waals surface area contributed by atoms with Crippen molar-refractivity contribution >= 4 is 65.0 Å². The monoisotopic (exact) mass is 520 g/mol. The summed E-state index contributed by atoms with van der Waals surface area (Å²) in [4.78, 5) is 0. The average Bonchev–Trinajstić information content (AvgIpc) is 3.43. The fourth-order valence-electron chi connectivity index (χ4n) is 6.83. The molecule has 1 heterocycles. The first-order valence-corrected chi connectivity index (χ1v) is 14.1. The van der Waals surface area contributed by atoms with E-state index in [2.05, 4.69) is 146 Å². The van der Waals surface area contributed by atoms with E-state index in [1.54, 1.807) is 0 Å². The number of benzene rings is 8. The topological polar surface area (TPSA) is 13.1 Å². The van der Waals surface area contributed by atoms with Crippen LogP contribution in [0.5, 0.6) is 0 Å². The summed E-state index contributed by atoms with van der Waals surface area (Å²) in [5.74, 6) is 0. The second kappa shape index (κ2) is 8.55. The number of hydrogen-bond acceptors (Lipinski definition) is 1. The molecule has 9 rings (SSSR count). The lowest BCUT2D eigenvalue weighted by Crippen LogP contribution is -1.88. The smallest absolute Gasteiger partial charge is 0.143 e. The molecule has 0 aliphatic heterocycles. The molecule has 9 aromatic rings. The van der Waals surface area contributed by atoms with E-state index in [-0.39, 0.29) is 0 Å². The average molecular weight is 521 g/mol. The van der Waals surface area contributed by atoms with Crippen LogP contribution in [0.25, 0.3) is 87.3 Å². The van der Waals surface area contributed by atoms with Gasteiger partial charge in [0.1, 0.15) is 11.2 Å². The third-order valence-corrected chi connectivity index (χ3v) is 8.63. The van der Waals surface area contributed by atoms with Crippen LogP contribution in [0, 0.1) is 0 Å². The summed E-state index contributed by atoms with van der Waals surface area (Å²) in [7, 11) is 0. The standard InChI is InChI=1S/C40H24O/c1-2-10-25(11-3-1)30-17-8-14-27-21-23-34-39-33(18-9-19-36(39)41-40(34)37(27)30)38-31-16-7-5-13-28(31)24-35-29-15-6-4-12-26(29)20-22-32(35)38/h1-24H. The minimum absolute atomic E-state index is 0.912. The van der Waals surface area contributed by atoms with E-state index in [1.165, 1.54) is 60.0 Å². The lowest BCUT2D eigenvalue weighted by atomic mass is 9.88. The van der Waals surface area contributed by atoms with Crippen molar-refractivity contribution in [2.75, 3.05) is 0 Å². The minimum atomic E-state index is 0.912. The first-order valence-electron chi connectivity index (χ1n) is 14.1. The molecule has 41 heavy (non-hydrogen) atoms. The summed E-state index contributed by atoms with van der Waals surface area (Å²) in [5.41, 5.74) is 6.70. The molecule has 0 spiro atoms. The predicted molar refractivity (Wildman–Crippen MR) is 175 cm³/mol. The lowest BCUT2D eigenvalue weighted by Gasteiger charge is -2.15. The van der Waals surface area contributed by atoms with Crippen LogP contribution >= 0.6 is 0 Å². The molecule has 0 saturated carbocycles. The van der Waals surface area contributed by atoms with E-state index in [0.717, 1.165) is 27.3 Å². The highest BCUT2D eigenvalue weighted by atomic mass is 16.3. The van der Waals surface area contributed by atoms with Crippen LogP contribution in [-0.2, 0) is 0 Å². The van der Waals surface area contributed by atoms with Gasteiger partial charge < -0.3 is 4.42 Å². The molecule has 0 fully saturated rings. The Kier molecular flexibility index (Phi) is 4.67. The second-order valence-electron chi connectivity index (χ2n) is 10.8. The Hall–Kier alpha value is -5.40. The highest BCUT2D eigenvalue weighted by Gasteiger charge is 2.20. The molecule has 0 bridgehead atoms. The zero-order valence-electron chi connectivity index (χ0n) is 22.3. The Morgan fingerprint density at radius 1 is 0.366 bits per heavy atom. The lowest BCUT2D eigenvalue weighted by molar-refractivity contribution is 0.673. The van der Waals surface area contributed by atoms with Gasteiger partial charge in [-0.1, -0.05) is 127 Å². The SMILES string of the molecule is c1ccc(-c2cccc3ccc4c(oc5cccc(-c6c7ccccc7cc7c6ccc6ccccc67)c54)c23)cc1. The van der Waals surface area contributed by atoms with Crippen molar-refractivity contribution in [1.29, 1.82) is 0 Å². The van der Waals surface area contributed by atoms with Crippen LogP contribution in [0.2, 0.25) is 0 Å². The van der Waals surface area contributed by atoms with Gasteiger partial charge in [0.05, 0.1) is 0 Å². The summed E-state index contributed by atoms with van der Waals surface area (Å²) < 4.78 is 6.78. The molecule has 0 aliphatic rings. The first kappa shape index (κ1) is 22.4. The molecule has 0 amide bonds. The maximum absolute atomic E-state index is 6.78. The second-order valence-corrected chi connectivity index (χ2v) is 10.8. The number of furan rings is 1. The molecule has 0 atom stereocenters. The van der Waals surface area contributed by atoms with Crippen LogP contribution in [0.4, 0.5) is 0 Å². The van der Waals surface area contributed by atoms with Crippen molar-refractivity contribution in [3.8, 4) is 22.3 Å². The van der Waals surface area contributed by atoms with Crippen LogP contribution in [0.15, 0.2) is 150 Å². The van der Waals surface area contributed by atoms with Gasteiger partial charge in [0.15, 0.2) is 0 Å². The molecule has 1 aromatic heterocycles. The fourth-order valence-corrected chi connectivity index (χ4v) is 6.83. The number of fused-ring (bicyclic) bond motifs is 9. The van der Waals surface area contributed by atoms with E-state index in [0.29, 0.717) is 0 Å². The summed E-state index contributed by atoms with van der Waals surface area (Å²) in [6.45, 7) is 0. The molecule has 0 aliphatic carbocycles. The predicted octanol–water partition coefficient (Wildman–Crippen LogP) is 11.5. The van der Waals surface area contributed by atoms with Crippen molar-refractivity contribution in [1.82, 2.24) is 0 Å². The number of rotatable bonds is 2. The van der Waals surface area contributed by atoms with Crippen molar-refractivity contribution < 1.29 is 4.42 Å². The normalized spacial score (nSPS) is 11.9. The molecule has 8 aromatic carbocycles. The highest BCUT2D eigenvalue weighted by Crippen LogP contribution is 2.46. The van der Waals surface area contributed by atoms with Crippen molar-refractivity contribution in [3.63, 3.8) is 0 Å². The minimum Gasteiger partial charge on any atom is -0.455 e. The summed E-state index contributed by atoms with van der Waals surface area (Å²) in [6, 6.07) is 52.5. The molecular formula is C40H24O. The molecule has 0 radical (unpaired) electrons. The Labute approximate surface area is 236 Å². The maximum atomic E-state index is 6.78. The van der Waals surface area contributed by atoms with Gasteiger partial charge in [0.25, 0.3) is 0 Å². The van der Waals surface area contributed by atoms with E-state index in [9.17, 15) is 0 Å². The van der Waals surface area contributed by atoms with E-state index < -0.39 is 0 Å². The van der Waals surface area contributed by atoms with Gasteiger partial charge in [0.2, 0.25) is 0 Å². The van der Waals surface area contributed by atoms with Gasteiger partial charge in [-0.2, -0.15) is 0 Å². The van der Waals surface area contributed by atoms with Gasteiger partial charge >= 0.3 is 0 Å². The Bertz CT molecular complexity index is 2460. The molecule has 1 heteroatoms. The van der Waals surface area contributed by atoms with E-state index >= 15 is 0 Å². The Balaban J connectivity index is 1.45. The molecular weight excluding hydrogens is 496 g/mol. The van der Waals surface area contributed by atoms with Gasteiger partial charge in [-0.25, -0.2) is 0 Å². The van der Waals surface area contributed by atoms with Crippen molar-refractivity contribution in [2.45, 2.75) is 0 Å². The molecule has 0 N–H and O–H groups in total. The van der Waals surface area contributed by atoms with Crippen LogP contribution < -0.4 is 0 Å².